The SMILES string of the molecule is C#CCOc1ccc(/C=[NH+]/N=C(N)N)cc1OCC. The Kier molecular flexibility index (Phi) is 5.76. The maximum Gasteiger partial charge on any atom is 0.256 e. The van der Waals surface area contributed by atoms with E-state index in [4.69, 9.17) is 27.4 Å². The molecule has 0 radical (unpaired) electrons. The number of nitrogens with zero attached hydrogens (tertiary/aromatic N) is 1. The molecule has 19 heavy (non-hydrogen) atoms. The number of nitrogens with one attached hydrogen (secondary N) is 1. The molecule has 1 aromatic rings. The van der Waals surface area contributed by atoms with Gasteiger partial charge in [0, 0.05) is 10.7 Å². The van der Waals surface area contributed by atoms with Crippen molar-refractivity contribution < 1.29 is 14.6 Å². The summed E-state index contributed by atoms with van der Waals surface area (Å²) in [6.07, 6.45) is 6.79. The van der Waals surface area contributed by atoms with Gasteiger partial charge in [0.15, 0.2) is 11.5 Å². The molecule has 6 heteroatoms. The molecule has 0 aliphatic heterocycles. The van der Waals surface area contributed by atoms with Gasteiger partial charge in [-0.1, -0.05) is 5.92 Å². The zero-order chi connectivity index (χ0) is 14.1. The van der Waals surface area contributed by atoms with Crippen molar-refractivity contribution in [3.63, 3.8) is 0 Å². The Hall–Kier alpha value is -2.68. The molecule has 0 saturated carbocycles. The van der Waals surface area contributed by atoms with E-state index in [0.717, 1.165) is 5.56 Å². The molecule has 0 fully saturated rings. The Balaban J connectivity index is 2.92. The van der Waals surface area contributed by atoms with E-state index in [1.807, 2.05) is 13.0 Å². The Labute approximate surface area is 112 Å². The summed E-state index contributed by atoms with van der Waals surface area (Å²) in [5.74, 6) is 3.56. The summed E-state index contributed by atoms with van der Waals surface area (Å²) in [5.41, 5.74) is 11.2. The first-order valence-electron chi connectivity index (χ1n) is 5.67. The molecule has 0 saturated heterocycles. The zero-order valence-electron chi connectivity index (χ0n) is 10.7. The average molecular weight is 261 g/mol. The van der Waals surface area contributed by atoms with Gasteiger partial charge in [-0.15, -0.1) is 11.5 Å². The van der Waals surface area contributed by atoms with Crippen LogP contribution in [0.3, 0.4) is 0 Å². The normalized spacial score (nSPS) is 9.89. The predicted molar refractivity (Wildman–Crippen MR) is 73.9 cm³/mol. The van der Waals surface area contributed by atoms with Gasteiger partial charge in [-0.05, 0) is 25.1 Å². The van der Waals surface area contributed by atoms with Crippen LogP contribution < -0.4 is 26.0 Å². The molecule has 0 aromatic heterocycles. The van der Waals surface area contributed by atoms with E-state index in [-0.39, 0.29) is 12.6 Å². The second-order valence-electron chi connectivity index (χ2n) is 3.44. The minimum absolute atomic E-state index is 0.0461. The van der Waals surface area contributed by atoms with Gasteiger partial charge in [0.1, 0.15) is 6.61 Å². The first-order valence-corrected chi connectivity index (χ1v) is 5.67. The molecule has 0 unspecified atom stereocenters. The van der Waals surface area contributed by atoms with Gasteiger partial charge in [0.25, 0.3) is 5.96 Å². The van der Waals surface area contributed by atoms with Crippen molar-refractivity contribution in [2.24, 2.45) is 16.6 Å². The highest BCUT2D eigenvalue weighted by Crippen LogP contribution is 2.27. The molecule has 5 N–H and O–H groups in total. The lowest BCUT2D eigenvalue weighted by Gasteiger charge is -2.10. The van der Waals surface area contributed by atoms with E-state index < -0.39 is 0 Å². The van der Waals surface area contributed by atoms with Crippen molar-refractivity contribution >= 4 is 12.2 Å². The Morgan fingerprint density at radius 1 is 1.42 bits per heavy atom. The quantitative estimate of drug-likeness (QED) is 0.259. The second kappa shape index (κ2) is 7.61. The minimum Gasteiger partial charge on any atom is -0.490 e. The predicted octanol–water partition coefficient (Wildman–Crippen LogP) is -1.21. The van der Waals surface area contributed by atoms with Crippen molar-refractivity contribution in [3.05, 3.63) is 23.8 Å². The lowest BCUT2D eigenvalue weighted by Crippen LogP contribution is -2.63. The van der Waals surface area contributed by atoms with Crippen LogP contribution >= 0.6 is 0 Å². The van der Waals surface area contributed by atoms with Crippen LogP contribution in [-0.2, 0) is 0 Å². The maximum absolute atomic E-state index is 5.48. The molecule has 1 rings (SSSR count). The lowest BCUT2D eigenvalue weighted by molar-refractivity contribution is -0.456. The fraction of sp³-hybridized carbons (Fsp3) is 0.231. The van der Waals surface area contributed by atoms with Gasteiger partial charge in [-0.2, -0.15) is 0 Å². The van der Waals surface area contributed by atoms with Gasteiger partial charge in [0.2, 0.25) is 6.21 Å². The number of nitrogens with two attached hydrogens (primary N) is 2. The van der Waals surface area contributed by atoms with Crippen LogP contribution in [0.25, 0.3) is 0 Å². The van der Waals surface area contributed by atoms with Crippen molar-refractivity contribution in [3.8, 4) is 23.8 Å². The van der Waals surface area contributed by atoms with Crippen LogP contribution in [0.15, 0.2) is 23.3 Å². The molecule has 1 aromatic carbocycles. The van der Waals surface area contributed by atoms with Crippen molar-refractivity contribution in [1.82, 2.24) is 0 Å². The molecule has 0 amide bonds. The third-order valence-electron chi connectivity index (χ3n) is 2.00. The molecule has 0 atom stereocenters. The standard InChI is InChI=1S/C13H16N4O2/c1-3-7-19-11-6-5-10(8-12(11)18-4-2)9-16-17-13(14)15/h1,5-6,8-9H,4,7H2,2H3,(H4,14,15,17)/p+1/b16-9+. The molecule has 100 valence electrons. The highest BCUT2D eigenvalue weighted by molar-refractivity contribution is 5.78. The number of hydrazone groups is 1. The maximum atomic E-state index is 5.48. The smallest absolute Gasteiger partial charge is 0.256 e. The Morgan fingerprint density at radius 3 is 2.84 bits per heavy atom. The summed E-state index contributed by atoms with van der Waals surface area (Å²) in [5, 5.41) is 6.25. The minimum atomic E-state index is -0.0461. The number of ether oxygens (including phenoxy) is 2. The monoisotopic (exact) mass is 261 g/mol. The number of benzene rings is 1. The summed E-state index contributed by atoms with van der Waals surface area (Å²) < 4.78 is 10.8. The highest BCUT2D eigenvalue weighted by Gasteiger charge is 2.06. The fourth-order valence-electron chi connectivity index (χ4n) is 1.30. The summed E-state index contributed by atoms with van der Waals surface area (Å²) in [6.45, 7) is 2.60. The van der Waals surface area contributed by atoms with Gasteiger partial charge >= 0.3 is 0 Å². The van der Waals surface area contributed by atoms with E-state index in [0.29, 0.717) is 18.1 Å². The molecule has 0 aliphatic rings. The van der Waals surface area contributed by atoms with E-state index >= 15 is 0 Å². The first-order chi connectivity index (χ1) is 9.17. The highest BCUT2D eigenvalue weighted by atomic mass is 16.5. The molecular formula is C13H17N4O2+. The number of guanidine groups is 1. The third kappa shape index (κ3) is 5.00. The number of hydrogen-bond donors (Lipinski definition) is 3. The average Bonchev–Trinajstić information content (AvgIpc) is 2.38. The van der Waals surface area contributed by atoms with Crippen LogP contribution in [0.4, 0.5) is 0 Å². The molecule has 0 aliphatic carbocycles. The van der Waals surface area contributed by atoms with E-state index in [9.17, 15) is 0 Å². The summed E-state index contributed by atoms with van der Waals surface area (Å²) >= 11 is 0. The molecule has 0 bridgehead atoms. The first kappa shape index (κ1) is 14.4. The molecule has 0 spiro atoms. The van der Waals surface area contributed by atoms with Gasteiger partial charge in [-0.25, -0.2) is 0 Å². The van der Waals surface area contributed by atoms with Crippen LogP contribution in [0.5, 0.6) is 11.5 Å². The van der Waals surface area contributed by atoms with Gasteiger partial charge in [0.05, 0.1) is 6.61 Å². The van der Waals surface area contributed by atoms with Crippen LogP contribution in [-0.4, -0.2) is 25.4 Å². The zero-order valence-corrected chi connectivity index (χ0v) is 10.7. The van der Waals surface area contributed by atoms with E-state index in [1.165, 1.54) is 0 Å². The lowest BCUT2D eigenvalue weighted by atomic mass is 10.2. The van der Waals surface area contributed by atoms with Crippen LogP contribution in [0.2, 0.25) is 0 Å². The fourth-order valence-corrected chi connectivity index (χ4v) is 1.30. The number of rotatable bonds is 6. The van der Waals surface area contributed by atoms with Crippen molar-refractivity contribution in [2.75, 3.05) is 13.2 Å². The van der Waals surface area contributed by atoms with Crippen LogP contribution in [0, 0.1) is 12.3 Å². The summed E-state index contributed by atoms with van der Waals surface area (Å²) in [7, 11) is 0. The Morgan fingerprint density at radius 2 is 2.21 bits per heavy atom. The largest absolute Gasteiger partial charge is 0.490 e. The molecule has 0 heterocycles. The van der Waals surface area contributed by atoms with E-state index in [1.54, 1.807) is 18.3 Å². The van der Waals surface area contributed by atoms with E-state index in [2.05, 4.69) is 16.1 Å². The van der Waals surface area contributed by atoms with Gasteiger partial charge < -0.3 is 20.9 Å². The van der Waals surface area contributed by atoms with Gasteiger partial charge in [-0.3, -0.25) is 0 Å². The van der Waals surface area contributed by atoms with Crippen molar-refractivity contribution in [1.29, 1.82) is 0 Å². The molecular weight excluding hydrogens is 244 g/mol. The van der Waals surface area contributed by atoms with Crippen LogP contribution in [0.1, 0.15) is 12.5 Å². The topological polar surface area (TPSA) is 96.8 Å². The Bertz CT molecular complexity index is 514. The second-order valence-corrected chi connectivity index (χ2v) is 3.44. The molecule has 6 nitrogen and oxygen atoms in total. The summed E-state index contributed by atoms with van der Waals surface area (Å²) in [6, 6.07) is 5.39. The summed E-state index contributed by atoms with van der Waals surface area (Å²) in [4.78, 5) is 0. The third-order valence-corrected chi connectivity index (χ3v) is 2.00. The number of terminal acetylenes is 1. The van der Waals surface area contributed by atoms with Crippen molar-refractivity contribution in [2.45, 2.75) is 6.92 Å². The number of hydrogen-bond acceptors (Lipinski definition) is 3.